The molecule has 0 aromatic heterocycles. The van der Waals surface area contributed by atoms with Gasteiger partial charge in [-0.3, -0.25) is 4.72 Å². The van der Waals surface area contributed by atoms with E-state index in [0.29, 0.717) is 16.4 Å². The average molecular weight is 511 g/mol. The molecule has 1 saturated carbocycles. The Morgan fingerprint density at radius 1 is 1.11 bits per heavy atom. The van der Waals surface area contributed by atoms with E-state index in [9.17, 15) is 21.6 Å². The van der Waals surface area contributed by atoms with Crippen LogP contribution in [0, 0.1) is 21.0 Å². The van der Waals surface area contributed by atoms with Crippen molar-refractivity contribution in [3.63, 3.8) is 0 Å². The van der Waals surface area contributed by atoms with Crippen LogP contribution in [0.25, 0.3) is 0 Å². The summed E-state index contributed by atoms with van der Waals surface area (Å²) >= 11 is 1.93. The smallest absolute Gasteiger partial charge is 0.238 e. The normalized spacial score (nSPS) is 15.6. The molecule has 0 heterocycles. The number of hydrogen-bond acceptors (Lipinski definition) is 3. The second kappa shape index (κ2) is 7.59. The fraction of sp³-hybridized carbons (Fsp3) is 0.333. The van der Waals surface area contributed by atoms with Crippen molar-refractivity contribution in [1.82, 2.24) is 0 Å². The summed E-state index contributed by atoms with van der Waals surface area (Å²) in [6, 6.07) is 6.29. The van der Waals surface area contributed by atoms with Crippen molar-refractivity contribution in [3.05, 3.63) is 62.5 Å². The molecule has 9 heteroatoms. The van der Waals surface area contributed by atoms with Crippen LogP contribution in [0.15, 0.2) is 30.3 Å². The van der Waals surface area contributed by atoms with Gasteiger partial charge in [0.1, 0.15) is 5.82 Å². The third-order valence-electron chi connectivity index (χ3n) is 4.77. The number of anilines is 1. The molecule has 0 amide bonds. The predicted molar refractivity (Wildman–Crippen MR) is 104 cm³/mol. The maximum absolute atomic E-state index is 14.4. The first-order valence-corrected chi connectivity index (χ1v) is 10.8. The van der Waals surface area contributed by atoms with Crippen LogP contribution < -0.4 is 4.72 Å². The molecule has 0 radical (unpaired) electrons. The number of aliphatic hydroxyl groups excluding tert-OH is 1. The summed E-state index contributed by atoms with van der Waals surface area (Å²) in [7, 11) is -3.92. The summed E-state index contributed by atoms with van der Waals surface area (Å²) in [6.45, 7) is -0.292. The van der Waals surface area contributed by atoms with Crippen LogP contribution >= 0.6 is 22.6 Å². The van der Waals surface area contributed by atoms with Gasteiger partial charge in [-0.2, -0.15) is 0 Å². The molecule has 0 spiro atoms. The molecule has 146 valence electrons. The molecule has 1 fully saturated rings. The van der Waals surface area contributed by atoms with Gasteiger partial charge in [-0.1, -0.05) is 6.07 Å². The molecule has 4 nitrogen and oxygen atoms in total. The Kier molecular flexibility index (Phi) is 5.74. The standard InChI is InChI=1S/C18H17F3INO3S/c19-14-3-4-16(23-27(25,26)18(5-6-18)7-8-24)13(17(14)21)9-11-1-2-12(22)10-15(11)20/h1-4,10,23-24H,5-9H2. The van der Waals surface area contributed by atoms with Crippen molar-refractivity contribution in [2.75, 3.05) is 11.3 Å². The van der Waals surface area contributed by atoms with Crippen LogP contribution in [0.1, 0.15) is 30.4 Å². The van der Waals surface area contributed by atoms with E-state index in [1.54, 1.807) is 6.07 Å². The van der Waals surface area contributed by atoms with Gasteiger partial charge < -0.3 is 5.11 Å². The Morgan fingerprint density at radius 3 is 2.41 bits per heavy atom. The van der Waals surface area contributed by atoms with Gasteiger partial charge in [0.25, 0.3) is 0 Å². The Hall–Kier alpha value is -1.33. The molecule has 3 rings (SSSR count). The van der Waals surface area contributed by atoms with Crippen molar-refractivity contribution < 1.29 is 26.7 Å². The van der Waals surface area contributed by atoms with Crippen LogP contribution in [0.4, 0.5) is 18.9 Å². The Balaban J connectivity index is 1.98. The van der Waals surface area contributed by atoms with Crippen LogP contribution in [0.3, 0.4) is 0 Å². The Bertz CT molecular complexity index is 978. The van der Waals surface area contributed by atoms with Gasteiger partial charge in [0.15, 0.2) is 11.6 Å². The number of aliphatic hydroxyl groups is 1. The lowest BCUT2D eigenvalue weighted by molar-refractivity contribution is 0.283. The monoisotopic (exact) mass is 511 g/mol. The lowest BCUT2D eigenvalue weighted by Crippen LogP contribution is -2.31. The lowest BCUT2D eigenvalue weighted by atomic mass is 10.0. The number of benzene rings is 2. The molecular weight excluding hydrogens is 494 g/mol. The molecule has 27 heavy (non-hydrogen) atoms. The minimum atomic E-state index is -3.92. The van der Waals surface area contributed by atoms with Crippen LogP contribution in [0.2, 0.25) is 0 Å². The zero-order valence-electron chi connectivity index (χ0n) is 14.1. The number of nitrogens with one attached hydrogen (secondary N) is 1. The predicted octanol–water partition coefficient (Wildman–Crippen LogP) is 3.96. The molecule has 0 bridgehead atoms. The molecule has 0 unspecified atom stereocenters. The van der Waals surface area contributed by atoms with Crippen LogP contribution in [-0.2, 0) is 16.4 Å². The summed E-state index contributed by atoms with van der Waals surface area (Å²) in [5.41, 5.74) is -0.272. The second-order valence-electron chi connectivity index (χ2n) is 6.56. The molecule has 1 aliphatic rings. The number of hydrogen-bond donors (Lipinski definition) is 2. The molecule has 0 atom stereocenters. The summed E-state index contributed by atoms with van der Waals surface area (Å²) in [6.07, 6.45) is 0.519. The Labute approximate surface area is 169 Å². The van der Waals surface area contributed by atoms with E-state index in [1.165, 1.54) is 12.1 Å². The van der Waals surface area contributed by atoms with E-state index in [1.807, 2.05) is 22.6 Å². The van der Waals surface area contributed by atoms with E-state index in [2.05, 4.69) is 4.72 Å². The molecule has 2 aromatic rings. The fourth-order valence-corrected chi connectivity index (χ4v) is 5.12. The van der Waals surface area contributed by atoms with E-state index < -0.39 is 32.2 Å². The molecular formula is C18H17F3INO3S. The largest absolute Gasteiger partial charge is 0.396 e. The van der Waals surface area contributed by atoms with Gasteiger partial charge in [-0.25, -0.2) is 21.6 Å². The highest BCUT2D eigenvalue weighted by molar-refractivity contribution is 14.1. The number of halogens is 4. The lowest BCUT2D eigenvalue weighted by Gasteiger charge is -2.19. The Morgan fingerprint density at radius 2 is 1.81 bits per heavy atom. The molecule has 2 N–H and O–H groups in total. The molecule has 1 aliphatic carbocycles. The quantitative estimate of drug-likeness (QED) is 0.554. The van der Waals surface area contributed by atoms with Gasteiger partial charge in [0.2, 0.25) is 10.0 Å². The molecule has 0 aliphatic heterocycles. The first-order valence-electron chi connectivity index (χ1n) is 8.23. The van der Waals surface area contributed by atoms with Gasteiger partial charge in [-0.05, 0) is 71.7 Å². The summed E-state index contributed by atoms with van der Waals surface area (Å²) in [4.78, 5) is 0. The summed E-state index contributed by atoms with van der Waals surface area (Å²) in [5.74, 6) is -2.95. The third-order valence-corrected chi connectivity index (χ3v) is 7.68. The highest BCUT2D eigenvalue weighted by Gasteiger charge is 2.54. The highest BCUT2D eigenvalue weighted by Crippen LogP contribution is 2.47. The van der Waals surface area contributed by atoms with Gasteiger partial charge >= 0.3 is 0 Å². The van der Waals surface area contributed by atoms with Crippen LogP contribution in [-0.4, -0.2) is 24.9 Å². The van der Waals surface area contributed by atoms with E-state index in [-0.39, 0.29) is 36.3 Å². The second-order valence-corrected chi connectivity index (χ2v) is 9.88. The minimum Gasteiger partial charge on any atom is -0.396 e. The van der Waals surface area contributed by atoms with Crippen molar-refractivity contribution >= 4 is 38.3 Å². The maximum atomic E-state index is 14.4. The van der Waals surface area contributed by atoms with Crippen molar-refractivity contribution in [3.8, 4) is 0 Å². The van der Waals surface area contributed by atoms with Crippen molar-refractivity contribution in [2.45, 2.75) is 30.4 Å². The first-order chi connectivity index (χ1) is 12.7. The maximum Gasteiger partial charge on any atom is 0.238 e. The first kappa shape index (κ1) is 20.4. The summed E-state index contributed by atoms with van der Waals surface area (Å²) < 4.78 is 69.5. The highest BCUT2D eigenvalue weighted by atomic mass is 127. The zero-order valence-corrected chi connectivity index (χ0v) is 17.1. The third kappa shape index (κ3) is 4.09. The van der Waals surface area contributed by atoms with E-state index in [4.69, 9.17) is 5.11 Å². The van der Waals surface area contributed by atoms with Gasteiger partial charge in [0.05, 0.1) is 10.4 Å². The number of rotatable bonds is 7. The minimum absolute atomic E-state index is 0.0626. The topological polar surface area (TPSA) is 66.4 Å². The van der Waals surface area contributed by atoms with E-state index >= 15 is 0 Å². The van der Waals surface area contributed by atoms with Crippen molar-refractivity contribution in [2.24, 2.45) is 0 Å². The molecule has 0 saturated heterocycles. The summed E-state index contributed by atoms with van der Waals surface area (Å²) in [5, 5.41) is 9.11. The van der Waals surface area contributed by atoms with E-state index in [0.717, 1.165) is 12.1 Å². The number of sulfonamides is 1. The zero-order chi connectivity index (χ0) is 19.8. The van der Waals surface area contributed by atoms with Gasteiger partial charge in [-0.15, -0.1) is 0 Å². The average Bonchev–Trinajstić information content (AvgIpc) is 3.38. The molecule has 2 aromatic carbocycles. The van der Waals surface area contributed by atoms with Gasteiger partial charge in [0, 0.05) is 22.2 Å². The van der Waals surface area contributed by atoms with Crippen LogP contribution in [0.5, 0.6) is 0 Å². The van der Waals surface area contributed by atoms with Crippen molar-refractivity contribution in [1.29, 1.82) is 0 Å². The fourth-order valence-electron chi connectivity index (χ4n) is 2.97. The SMILES string of the molecule is O=S(=O)(Nc1ccc(F)c(F)c1Cc1ccc(I)cc1F)C1(CCO)CC1.